The first-order valence-electron chi connectivity index (χ1n) is 8.32. The first-order chi connectivity index (χ1) is 12.7. The molecule has 27 heavy (non-hydrogen) atoms. The Morgan fingerprint density at radius 3 is 2.15 bits per heavy atom. The van der Waals surface area contributed by atoms with Crippen molar-refractivity contribution in [1.82, 2.24) is 5.32 Å². The van der Waals surface area contributed by atoms with E-state index in [1.807, 2.05) is 0 Å². The SMILES string of the molecule is CC(C)C(=O)Nc1ccc(CNC(=O)CS(=O)(=O)c2ccc(Cl)cc2)cc1. The fourth-order valence-corrected chi connectivity index (χ4v) is 3.43. The van der Waals surface area contributed by atoms with Crippen molar-refractivity contribution in [3.8, 4) is 0 Å². The predicted molar refractivity (Wildman–Crippen MR) is 105 cm³/mol. The predicted octanol–water partition coefficient (Wildman–Crippen LogP) is 3.02. The van der Waals surface area contributed by atoms with E-state index < -0.39 is 21.5 Å². The van der Waals surface area contributed by atoms with Crippen LogP contribution < -0.4 is 10.6 Å². The van der Waals surface area contributed by atoms with Crippen molar-refractivity contribution in [2.45, 2.75) is 25.3 Å². The van der Waals surface area contributed by atoms with Gasteiger partial charge in [0.15, 0.2) is 9.84 Å². The summed E-state index contributed by atoms with van der Waals surface area (Å²) in [6.07, 6.45) is 0. The summed E-state index contributed by atoms with van der Waals surface area (Å²) >= 11 is 5.74. The highest BCUT2D eigenvalue weighted by atomic mass is 35.5. The van der Waals surface area contributed by atoms with Gasteiger partial charge < -0.3 is 10.6 Å². The molecule has 0 aliphatic rings. The Balaban J connectivity index is 1.89. The average Bonchev–Trinajstić information content (AvgIpc) is 2.61. The second kappa shape index (κ2) is 9.01. The van der Waals surface area contributed by atoms with Gasteiger partial charge in [0.05, 0.1) is 4.90 Å². The summed E-state index contributed by atoms with van der Waals surface area (Å²) in [7, 11) is -3.73. The zero-order chi connectivity index (χ0) is 20.0. The molecule has 2 N–H and O–H groups in total. The maximum absolute atomic E-state index is 12.2. The van der Waals surface area contributed by atoms with Gasteiger partial charge in [0.2, 0.25) is 11.8 Å². The minimum Gasteiger partial charge on any atom is -0.351 e. The highest BCUT2D eigenvalue weighted by molar-refractivity contribution is 7.92. The van der Waals surface area contributed by atoms with Gasteiger partial charge in [-0.25, -0.2) is 8.42 Å². The molecule has 0 unspecified atom stereocenters. The fourth-order valence-electron chi connectivity index (χ4n) is 2.14. The Morgan fingerprint density at radius 2 is 1.59 bits per heavy atom. The molecule has 144 valence electrons. The number of benzene rings is 2. The molecule has 0 aromatic heterocycles. The number of halogens is 1. The van der Waals surface area contributed by atoms with E-state index in [1.54, 1.807) is 38.1 Å². The van der Waals surface area contributed by atoms with Gasteiger partial charge in [0.25, 0.3) is 0 Å². The quantitative estimate of drug-likeness (QED) is 0.736. The van der Waals surface area contributed by atoms with Gasteiger partial charge in [-0.05, 0) is 42.0 Å². The highest BCUT2D eigenvalue weighted by Gasteiger charge is 2.19. The number of amides is 2. The number of hydrogen-bond acceptors (Lipinski definition) is 4. The van der Waals surface area contributed by atoms with Crippen LogP contribution in [0.2, 0.25) is 5.02 Å². The number of carbonyl (C=O) groups excluding carboxylic acids is 2. The molecule has 0 saturated heterocycles. The minimum atomic E-state index is -3.73. The van der Waals surface area contributed by atoms with Crippen LogP contribution in [0, 0.1) is 5.92 Å². The monoisotopic (exact) mass is 408 g/mol. The topological polar surface area (TPSA) is 92.3 Å². The van der Waals surface area contributed by atoms with Gasteiger partial charge in [-0.2, -0.15) is 0 Å². The van der Waals surface area contributed by atoms with Crippen LogP contribution >= 0.6 is 11.6 Å². The summed E-state index contributed by atoms with van der Waals surface area (Å²) in [5, 5.41) is 5.78. The molecule has 2 rings (SSSR count). The third-order valence-electron chi connectivity index (χ3n) is 3.73. The molecular formula is C19H21ClN2O4S. The largest absolute Gasteiger partial charge is 0.351 e. The molecule has 0 spiro atoms. The number of rotatable bonds is 7. The molecule has 0 saturated carbocycles. The van der Waals surface area contributed by atoms with E-state index in [2.05, 4.69) is 10.6 Å². The van der Waals surface area contributed by atoms with Crippen molar-refractivity contribution < 1.29 is 18.0 Å². The van der Waals surface area contributed by atoms with Crippen molar-refractivity contribution in [2.24, 2.45) is 5.92 Å². The van der Waals surface area contributed by atoms with Crippen molar-refractivity contribution in [2.75, 3.05) is 11.1 Å². The Bertz CT molecular complexity index is 908. The van der Waals surface area contributed by atoms with Gasteiger partial charge in [-0.15, -0.1) is 0 Å². The second-order valence-electron chi connectivity index (χ2n) is 6.33. The number of anilines is 1. The van der Waals surface area contributed by atoms with Crippen LogP contribution in [0.25, 0.3) is 0 Å². The number of nitrogens with one attached hydrogen (secondary N) is 2. The first kappa shape index (κ1) is 20.9. The summed E-state index contributed by atoms with van der Waals surface area (Å²) in [4.78, 5) is 23.7. The molecule has 0 aliphatic heterocycles. The van der Waals surface area contributed by atoms with Gasteiger partial charge in [-0.1, -0.05) is 37.6 Å². The summed E-state index contributed by atoms with van der Waals surface area (Å²) in [6.45, 7) is 3.79. The van der Waals surface area contributed by atoms with Gasteiger partial charge in [0.1, 0.15) is 5.75 Å². The maximum Gasteiger partial charge on any atom is 0.235 e. The van der Waals surface area contributed by atoms with Crippen LogP contribution in [0.5, 0.6) is 0 Å². The van der Waals surface area contributed by atoms with E-state index in [0.717, 1.165) is 5.56 Å². The molecule has 2 aromatic rings. The van der Waals surface area contributed by atoms with Crippen LogP contribution in [0.4, 0.5) is 5.69 Å². The zero-order valence-electron chi connectivity index (χ0n) is 15.0. The lowest BCUT2D eigenvalue weighted by molar-refractivity contribution is -0.119. The summed E-state index contributed by atoms with van der Waals surface area (Å²) in [5.41, 5.74) is 1.45. The van der Waals surface area contributed by atoms with Crippen LogP contribution in [0.1, 0.15) is 19.4 Å². The van der Waals surface area contributed by atoms with Crippen molar-refractivity contribution in [3.63, 3.8) is 0 Å². The molecule has 0 heterocycles. The molecule has 6 nitrogen and oxygen atoms in total. The molecule has 0 fully saturated rings. The van der Waals surface area contributed by atoms with Gasteiger partial charge >= 0.3 is 0 Å². The summed E-state index contributed by atoms with van der Waals surface area (Å²) in [6, 6.07) is 12.6. The fraction of sp³-hybridized carbons (Fsp3) is 0.263. The standard InChI is InChI=1S/C19H21ClN2O4S/c1-13(2)19(24)22-16-7-3-14(4-8-16)11-21-18(23)12-27(25,26)17-9-5-15(20)6-10-17/h3-10,13H,11-12H2,1-2H3,(H,21,23)(H,22,24). The van der Waals surface area contributed by atoms with Gasteiger partial charge in [-0.3, -0.25) is 9.59 Å². The van der Waals surface area contributed by atoms with E-state index in [0.29, 0.717) is 10.7 Å². The average molecular weight is 409 g/mol. The van der Waals surface area contributed by atoms with Crippen LogP contribution in [0.15, 0.2) is 53.4 Å². The lowest BCUT2D eigenvalue weighted by Gasteiger charge is -2.09. The van der Waals surface area contributed by atoms with Crippen molar-refractivity contribution >= 4 is 38.9 Å². The van der Waals surface area contributed by atoms with E-state index in [1.165, 1.54) is 24.3 Å². The number of sulfone groups is 1. The second-order valence-corrected chi connectivity index (χ2v) is 8.76. The van der Waals surface area contributed by atoms with Crippen molar-refractivity contribution in [1.29, 1.82) is 0 Å². The first-order valence-corrected chi connectivity index (χ1v) is 10.4. The summed E-state index contributed by atoms with van der Waals surface area (Å²) in [5.74, 6) is -1.44. The zero-order valence-corrected chi connectivity index (χ0v) is 16.6. The normalized spacial score (nSPS) is 11.3. The Morgan fingerprint density at radius 1 is 1.00 bits per heavy atom. The maximum atomic E-state index is 12.2. The molecule has 0 radical (unpaired) electrons. The third kappa shape index (κ3) is 6.37. The highest BCUT2D eigenvalue weighted by Crippen LogP contribution is 2.15. The Hall–Kier alpha value is -2.38. The molecule has 0 bridgehead atoms. The summed E-state index contributed by atoms with van der Waals surface area (Å²) < 4.78 is 24.4. The molecule has 2 amide bonds. The molecule has 0 atom stereocenters. The molecule has 2 aromatic carbocycles. The lowest BCUT2D eigenvalue weighted by atomic mass is 10.1. The van der Waals surface area contributed by atoms with Crippen LogP contribution in [0.3, 0.4) is 0 Å². The lowest BCUT2D eigenvalue weighted by Crippen LogP contribution is -2.29. The van der Waals surface area contributed by atoms with E-state index in [-0.39, 0.29) is 23.3 Å². The Labute approximate surface area is 163 Å². The number of carbonyl (C=O) groups is 2. The van der Waals surface area contributed by atoms with E-state index in [4.69, 9.17) is 11.6 Å². The Kier molecular flexibility index (Phi) is 6.98. The van der Waals surface area contributed by atoms with Crippen LogP contribution in [-0.4, -0.2) is 26.0 Å². The third-order valence-corrected chi connectivity index (χ3v) is 5.61. The van der Waals surface area contributed by atoms with Gasteiger partial charge in [0, 0.05) is 23.2 Å². The molecule has 0 aliphatic carbocycles. The molecular weight excluding hydrogens is 388 g/mol. The molecule has 8 heteroatoms. The number of hydrogen-bond donors (Lipinski definition) is 2. The van der Waals surface area contributed by atoms with Crippen LogP contribution in [-0.2, 0) is 26.0 Å². The van der Waals surface area contributed by atoms with E-state index in [9.17, 15) is 18.0 Å². The van der Waals surface area contributed by atoms with E-state index >= 15 is 0 Å². The minimum absolute atomic E-state index is 0.0484. The van der Waals surface area contributed by atoms with Crippen molar-refractivity contribution in [3.05, 3.63) is 59.1 Å². The smallest absolute Gasteiger partial charge is 0.235 e.